The minimum absolute atomic E-state index is 0.182. The number of carbonyl (C=O) groups is 2. The summed E-state index contributed by atoms with van der Waals surface area (Å²) in [5, 5.41) is 12.2. The van der Waals surface area contributed by atoms with Crippen LogP contribution >= 0.6 is 15.9 Å². The van der Waals surface area contributed by atoms with E-state index in [1.165, 1.54) is 19.4 Å². The predicted octanol–water partition coefficient (Wildman–Crippen LogP) is 1.03. The van der Waals surface area contributed by atoms with E-state index >= 15 is 0 Å². The maximum absolute atomic E-state index is 12.3. The number of esters is 1. The van der Waals surface area contributed by atoms with Crippen molar-refractivity contribution in [2.75, 3.05) is 7.11 Å². The van der Waals surface area contributed by atoms with Crippen molar-refractivity contribution in [2.45, 2.75) is 24.9 Å². The van der Waals surface area contributed by atoms with Gasteiger partial charge in [0.05, 0.1) is 11.6 Å². The molecule has 0 saturated heterocycles. The number of methoxy groups -OCH3 is 1. The van der Waals surface area contributed by atoms with Crippen LogP contribution < -0.4 is 5.32 Å². The minimum Gasteiger partial charge on any atom is -0.492 e. The lowest BCUT2D eigenvalue weighted by atomic mass is 10.1. The van der Waals surface area contributed by atoms with E-state index < -0.39 is 17.8 Å². The molecule has 0 bridgehead atoms. The number of hydrogen-bond acceptors (Lipinski definition) is 6. The molecule has 7 heteroatoms. The van der Waals surface area contributed by atoms with Gasteiger partial charge in [0.25, 0.3) is 0 Å². The van der Waals surface area contributed by atoms with E-state index in [2.05, 4.69) is 31.0 Å². The Bertz CT molecular complexity index is 516. The number of Topliss-reactive ketones (excluding diaryl/α,β-unsaturated/α-hetero) is 1. The molecule has 2 N–H and O–H groups in total. The lowest BCUT2D eigenvalue weighted by molar-refractivity contribution is -0.141. The normalized spacial score (nSPS) is 15.9. The first-order valence-corrected chi connectivity index (χ1v) is 6.55. The Morgan fingerprint density at radius 3 is 2.79 bits per heavy atom. The largest absolute Gasteiger partial charge is 0.492 e. The van der Waals surface area contributed by atoms with E-state index in [-0.39, 0.29) is 17.5 Å². The van der Waals surface area contributed by atoms with Crippen molar-refractivity contribution >= 4 is 27.7 Å². The van der Waals surface area contributed by atoms with Gasteiger partial charge in [0, 0.05) is 17.8 Å². The van der Waals surface area contributed by atoms with E-state index in [1.54, 1.807) is 0 Å². The summed E-state index contributed by atoms with van der Waals surface area (Å²) in [4.78, 5) is 27.6. The average Bonchev–Trinajstić information content (AvgIpc) is 3.21. The third-order valence-corrected chi connectivity index (χ3v) is 3.37. The molecule has 6 nitrogen and oxygen atoms in total. The Balaban J connectivity index is 2.21. The van der Waals surface area contributed by atoms with Gasteiger partial charge < -0.3 is 9.84 Å². The number of pyridine rings is 1. The van der Waals surface area contributed by atoms with Crippen LogP contribution in [-0.2, 0) is 9.53 Å². The third-order valence-electron chi connectivity index (χ3n) is 2.79. The Labute approximate surface area is 118 Å². The molecule has 1 aromatic rings. The second kappa shape index (κ2) is 5.66. The minimum atomic E-state index is -1.03. The second-order valence-electron chi connectivity index (χ2n) is 4.29. The van der Waals surface area contributed by atoms with Crippen molar-refractivity contribution in [1.82, 2.24) is 10.3 Å². The molecule has 0 amide bonds. The van der Waals surface area contributed by atoms with Crippen LogP contribution in [-0.4, -0.2) is 41.0 Å². The molecule has 102 valence electrons. The third kappa shape index (κ3) is 3.30. The van der Waals surface area contributed by atoms with Gasteiger partial charge in [-0.3, -0.25) is 10.1 Å². The molecular formula is C12H13BrN2O4. The van der Waals surface area contributed by atoms with Gasteiger partial charge in [-0.05, 0) is 34.8 Å². The maximum Gasteiger partial charge on any atom is 0.331 e. The van der Waals surface area contributed by atoms with E-state index in [0.29, 0.717) is 4.47 Å². The van der Waals surface area contributed by atoms with E-state index in [4.69, 9.17) is 0 Å². The van der Waals surface area contributed by atoms with Crippen LogP contribution in [0.3, 0.4) is 0 Å². The Morgan fingerprint density at radius 2 is 2.26 bits per heavy atom. The van der Waals surface area contributed by atoms with E-state index in [9.17, 15) is 14.7 Å². The second-order valence-corrected chi connectivity index (χ2v) is 5.15. The van der Waals surface area contributed by atoms with Crippen LogP contribution in [0.15, 0.2) is 16.7 Å². The Morgan fingerprint density at radius 1 is 1.58 bits per heavy atom. The fourth-order valence-corrected chi connectivity index (χ4v) is 1.94. The van der Waals surface area contributed by atoms with Gasteiger partial charge >= 0.3 is 5.97 Å². The molecule has 1 fully saturated rings. The number of hydrogen-bond donors (Lipinski definition) is 2. The molecule has 1 saturated carbocycles. The van der Waals surface area contributed by atoms with Gasteiger partial charge in [0.1, 0.15) is 0 Å². The number of rotatable bonds is 5. The molecule has 0 spiro atoms. The van der Waals surface area contributed by atoms with Gasteiger partial charge in [0.15, 0.2) is 11.8 Å². The average molecular weight is 329 g/mol. The van der Waals surface area contributed by atoms with Gasteiger partial charge in [-0.1, -0.05) is 0 Å². The smallest absolute Gasteiger partial charge is 0.331 e. The molecule has 0 aromatic carbocycles. The fraction of sp³-hybridized carbons (Fsp3) is 0.417. The van der Waals surface area contributed by atoms with Crippen molar-refractivity contribution < 1.29 is 19.4 Å². The van der Waals surface area contributed by atoms with Crippen molar-refractivity contribution in [3.63, 3.8) is 0 Å². The van der Waals surface area contributed by atoms with Gasteiger partial charge in [-0.2, -0.15) is 0 Å². The molecule has 0 aliphatic heterocycles. The highest BCUT2D eigenvalue weighted by atomic mass is 79.9. The molecule has 1 heterocycles. The van der Waals surface area contributed by atoms with Crippen LogP contribution in [0.2, 0.25) is 0 Å². The molecule has 2 rings (SSSR count). The topological polar surface area (TPSA) is 88.5 Å². The molecular weight excluding hydrogens is 316 g/mol. The highest BCUT2D eigenvalue weighted by Crippen LogP contribution is 2.23. The number of aromatic nitrogens is 1. The van der Waals surface area contributed by atoms with Crippen molar-refractivity contribution in [1.29, 1.82) is 0 Å². The number of nitrogens with one attached hydrogen (secondary N) is 1. The number of ether oxygens (including phenoxy) is 1. The molecule has 1 aromatic heterocycles. The molecule has 0 radical (unpaired) electrons. The quantitative estimate of drug-likeness (QED) is 0.476. The summed E-state index contributed by atoms with van der Waals surface area (Å²) >= 11 is 3.08. The number of ketones is 1. The molecule has 1 atom stereocenters. The summed E-state index contributed by atoms with van der Waals surface area (Å²) in [6, 6.07) is 0.576. The maximum atomic E-state index is 12.3. The lowest BCUT2D eigenvalue weighted by Gasteiger charge is -2.15. The predicted molar refractivity (Wildman–Crippen MR) is 69.9 cm³/mol. The highest BCUT2D eigenvalue weighted by Gasteiger charge is 2.34. The zero-order chi connectivity index (χ0) is 14.0. The van der Waals surface area contributed by atoms with Crippen LogP contribution in [0.1, 0.15) is 23.2 Å². The monoisotopic (exact) mass is 328 g/mol. The Hall–Kier alpha value is -1.47. The SMILES string of the molecule is COC(=O)C(NC1CC1)C(=O)c1cnc(O)c(Br)c1. The molecule has 1 unspecified atom stereocenters. The first-order chi connectivity index (χ1) is 9.02. The number of nitrogens with zero attached hydrogens (tertiary/aromatic N) is 1. The molecule has 19 heavy (non-hydrogen) atoms. The summed E-state index contributed by atoms with van der Waals surface area (Å²) in [5.74, 6) is -1.26. The van der Waals surface area contributed by atoms with E-state index in [0.717, 1.165) is 12.8 Å². The molecule has 1 aliphatic rings. The zero-order valence-corrected chi connectivity index (χ0v) is 11.8. The standard InChI is InChI=1S/C12H13BrN2O4/c1-19-12(18)9(15-7-2-3-7)10(16)6-4-8(13)11(17)14-5-6/h4-5,7,9,15H,2-3H2,1H3,(H,14,17). The van der Waals surface area contributed by atoms with Crippen molar-refractivity contribution in [3.05, 3.63) is 22.3 Å². The summed E-state index contributed by atoms with van der Waals surface area (Å²) in [7, 11) is 1.24. The summed E-state index contributed by atoms with van der Waals surface area (Å²) in [6.45, 7) is 0. The van der Waals surface area contributed by atoms with Crippen LogP contribution in [0.5, 0.6) is 5.88 Å². The summed E-state index contributed by atoms with van der Waals surface area (Å²) in [6.07, 6.45) is 3.11. The van der Waals surface area contributed by atoms with Crippen LogP contribution in [0.4, 0.5) is 0 Å². The van der Waals surface area contributed by atoms with Crippen molar-refractivity contribution in [2.24, 2.45) is 0 Å². The van der Waals surface area contributed by atoms with E-state index in [1.807, 2.05) is 0 Å². The molecule has 1 aliphatic carbocycles. The summed E-state index contributed by atoms with van der Waals surface area (Å²) < 4.78 is 4.93. The van der Waals surface area contributed by atoms with Crippen molar-refractivity contribution in [3.8, 4) is 5.88 Å². The van der Waals surface area contributed by atoms with Crippen LogP contribution in [0, 0.1) is 0 Å². The highest BCUT2D eigenvalue weighted by molar-refractivity contribution is 9.10. The zero-order valence-electron chi connectivity index (χ0n) is 10.2. The number of halogens is 1. The Kier molecular flexibility index (Phi) is 4.16. The van der Waals surface area contributed by atoms with Gasteiger partial charge in [-0.15, -0.1) is 0 Å². The first-order valence-electron chi connectivity index (χ1n) is 5.75. The number of aromatic hydroxyl groups is 1. The summed E-state index contributed by atoms with van der Waals surface area (Å²) in [5.41, 5.74) is 0.230. The first kappa shape index (κ1) is 14.0. The van der Waals surface area contributed by atoms with Crippen LogP contribution in [0.25, 0.3) is 0 Å². The number of carbonyl (C=O) groups excluding carboxylic acids is 2. The van der Waals surface area contributed by atoms with Gasteiger partial charge in [-0.25, -0.2) is 9.78 Å². The lowest BCUT2D eigenvalue weighted by Crippen LogP contribution is -2.45. The fourth-order valence-electron chi connectivity index (χ4n) is 1.59. The van der Waals surface area contributed by atoms with Gasteiger partial charge in [0.2, 0.25) is 5.88 Å².